The van der Waals surface area contributed by atoms with Gasteiger partial charge in [0.1, 0.15) is 13.2 Å². The Bertz CT molecular complexity index is 1010. The highest BCUT2D eigenvalue weighted by molar-refractivity contribution is 6.02. The lowest BCUT2D eigenvalue weighted by Crippen LogP contribution is -2.37. The standard InChI is InChI=1S/C23H26N2O8/c1-3-9-30-17-7-5-15(12-19(17)29-4-2)22(27)33-14-21(26)25-23(28)24-16-6-8-18-20(13-16)32-11-10-31-18/h5-8,12-13H,3-4,9-11,14H2,1-2H3,(H2,24,25,26,28). The zero-order chi connectivity index (χ0) is 23.6. The van der Waals surface area contributed by atoms with Crippen LogP contribution in [0, 0.1) is 0 Å². The molecule has 0 saturated carbocycles. The van der Waals surface area contributed by atoms with Gasteiger partial charge in [-0.3, -0.25) is 10.1 Å². The molecule has 0 radical (unpaired) electrons. The highest BCUT2D eigenvalue weighted by Gasteiger charge is 2.17. The maximum atomic E-state index is 12.3. The topological polar surface area (TPSA) is 121 Å². The third-order valence-electron chi connectivity index (χ3n) is 4.33. The molecule has 0 bridgehead atoms. The molecule has 2 aromatic carbocycles. The van der Waals surface area contributed by atoms with Crippen molar-refractivity contribution in [3.63, 3.8) is 0 Å². The quantitative estimate of drug-likeness (QED) is 0.550. The number of hydrogen-bond acceptors (Lipinski definition) is 8. The van der Waals surface area contributed by atoms with Gasteiger partial charge in [-0.1, -0.05) is 6.92 Å². The molecular formula is C23H26N2O8. The molecule has 0 aliphatic carbocycles. The van der Waals surface area contributed by atoms with Crippen LogP contribution in [-0.4, -0.2) is 50.9 Å². The average Bonchev–Trinajstić information content (AvgIpc) is 2.81. The first-order valence-electron chi connectivity index (χ1n) is 10.6. The third-order valence-corrected chi connectivity index (χ3v) is 4.33. The molecule has 1 aliphatic heterocycles. The summed E-state index contributed by atoms with van der Waals surface area (Å²) in [6.45, 7) is 4.93. The maximum absolute atomic E-state index is 12.3. The van der Waals surface area contributed by atoms with Gasteiger partial charge in [-0.05, 0) is 43.7 Å². The molecular weight excluding hydrogens is 432 g/mol. The predicted octanol–water partition coefficient (Wildman–Crippen LogP) is 3.15. The number of esters is 1. The number of nitrogens with one attached hydrogen (secondary N) is 2. The third kappa shape index (κ3) is 6.76. The Morgan fingerprint density at radius 1 is 0.939 bits per heavy atom. The lowest BCUT2D eigenvalue weighted by atomic mass is 10.2. The van der Waals surface area contributed by atoms with Gasteiger partial charge in [-0.2, -0.15) is 0 Å². The summed E-state index contributed by atoms with van der Waals surface area (Å²) < 4.78 is 27.0. The fraction of sp³-hybridized carbons (Fsp3) is 0.348. The van der Waals surface area contributed by atoms with Crippen molar-refractivity contribution in [2.75, 3.05) is 38.4 Å². The molecule has 1 aliphatic rings. The van der Waals surface area contributed by atoms with Crippen LogP contribution in [0.2, 0.25) is 0 Å². The minimum absolute atomic E-state index is 0.191. The Balaban J connectivity index is 1.50. The number of benzene rings is 2. The number of hydrogen-bond donors (Lipinski definition) is 2. The van der Waals surface area contributed by atoms with E-state index in [-0.39, 0.29) is 5.56 Å². The first-order valence-corrected chi connectivity index (χ1v) is 10.6. The van der Waals surface area contributed by atoms with Crippen LogP contribution in [0.15, 0.2) is 36.4 Å². The van der Waals surface area contributed by atoms with Crippen LogP contribution in [0.25, 0.3) is 0 Å². The number of rotatable bonds is 9. The zero-order valence-corrected chi connectivity index (χ0v) is 18.5. The second kappa shape index (κ2) is 11.6. The number of ether oxygens (including phenoxy) is 5. The van der Waals surface area contributed by atoms with Gasteiger partial charge < -0.3 is 29.0 Å². The number of amides is 3. The Morgan fingerprint density at radius 2 is 1.73 bits per heavy atom. The lowest BCUT2D eigenvalue weighted by molar-refractivity contribution is -0.123. The SMILES string of the molecule is CCCOc1ccc(C(=O)OCC(=O)NC(=O)Nc2ccc3c(c2)OCCO3)cc1OCC. The first-order chi connectivity index (χ1) is 16.0. The number of carbonyl (C=O) groups is 3. The van der Waals surface area contributed by atoms with Crippen LogP contribution in [0.5, 0.6) is 23.0 Å². The second-order valence-electron chi connectivity index (χ2n) is 6.88. The van der Waals surface area contributed by atoms with E-state index in [0.29, 0.717) is 55.1 Å². The molecule has 176 valence electrons. The monoisotopic (exact) mass is 458 g/mol. The van der Waals surface area contributed by atoms with Crippen molar-refractivity contribution in [1.82, 2.24) is 5.32 Å². The molecule has 0 atom stereocenters. The molecule has 0 fully saturated rings. The van der Waals surface area contributed by atoms with Crippen molar-refractivity contribution in [3.05, 3.63) is 42.0 Å². The smallest absolute Gasteiger partial charge is 0.338 e. The Morgan fingerprint density at radius 3 is 2.48 bits per heavy atom. The molecule has 0 unspecified atom stereocenters. The fourth-order valence-electron chi connectivity index (χ4n) is 2.90. The highest BCUT2D eigenvalue weighted by Crippen LogP contribution is 2.32. The summed E-state index contributed by atoms with van der Waals surface area (Å²) in [4.78, 5) is 36.4. The maximum Gasteiger partial charge on any atom is 0.338 e. The summed E-state index contributed by atoms with van der Waals surface area (Å²) in [5.41, 5.74) is 0.603. The second-order valence-corrected chi connectivity index (χ2v) is 6.88. The van der Waals surface area contributed by atoms with Crippen LogP contribution >= 0.6 is 0 Å². The molecule has 3 amide bonds. The van der Waals surface area contributed by atoms with Crippen LogP contribution in [0.4, 0.5) is 10.5 Å². The van der Waals surface area contributed by atoms with Gasteiger partial charge >= 0.3 is 12.0 Å². The molecule has 0 spiro atoms. The average molecular weight is 458 g/mol. The molecule has 0 saturated heterocycles. The minimum Gasteiger partial charge on any atom is -0.490 e. The summed E-state index contributed by atoms with van der Waals surface area (Å²) in [7, 11) is 0. The summed E-state index contributed by atoms with van der Waals surface area (Å²) in [6.07, 6.45) is 0.826. The molecule has 10 heteroatoms. The number of imide groups is 1. The number of fused-ring (bicyclic) bond motifs is 1. The van der Waals surface area contributed by atoms with E-state index in [0.717, 1.165) is 6.42 Å². The lowest BCUT2D eigenvalue weighted by Gasteiger charge is -2.19. The normalized spacial score (nSPS) is 11.8. The summed E-state index contributed by atoms with van der Waals surface area (Å²) in [5.74, 6) is 0.476. The summed E-state index contributed by atoms with van der Waals surface area (Å²) in [5, 5.41) is 4.61. The van der Waals surface area contributed by atoms with E-state index in [1.54, 1.807) is 24.3 Å². The molecule has 3 rings (SSSR count). The van der Waals surface area contributed by atoms with Gasteiger partial charge in [0.15, 0.2) is 29.6 Å². The predicted molar refractivity (Wildman–Crippen MR) is 118 cm³/mol. The van der Waals surface area contributed by atoms with Crippen LogP contribution in [0.1, 0.15) is 30.6 Å². The largest absolute Gasteiger partial charge is 0.490 e. The number of anilines is 1. The van der Waals surface area contributed by atoms with Crippen LogP contribution < -0.4 is 29.6 Å². The van der Waals surface area contributed by atoms with E-state index in [9.17, 15) is 14.4 Å². The van der Waals surface area contributed by atoms with E-state index in [2.05, 4.69) is 10.6 Å². The molecule has 0 aromatic heterocycles. The Kier molecular flexibility index (Phi) is 8.34. The summed E-state index contributed by atoms with van der Waals surface area (Å²) in [6, 6.07) is 8.69. The van der Waals surface area contributed by atoms with Gasteiger partial charge in [0, 0.05) is 11.8 Å². The zero-order valence-electron chi connectivity index (χ0n) is 18.5. The summed E-state index contributed by atoms with van der Waals surface area (Å²) >= 11 is 0. The molecule has 2 aromatic rings. The van der Waals surface area contributed by atoms with Gasteiger partial charge in [0.25, 0.3) is 5.91 Å². The number of urea groups is 1. The van der Waals surface area contributed by atoms with E-state index in [1.807, 2.05) is 13.8 Å². The molecule has 1 heterocycles. The van der Waals surface area contributed by atoms with Crippen molar-refractivity contribution in [1.29, 1.82) is 0 Å². The van der Waals surface area contributed by atoms with E-state index in [4.69, 9.17) is 23.7 Å². The van der Waals surface area contributed by atoms with Crippen molar-refractivity contribution in [2.24, 2.45) is 0 Å². The highest BCUT2D eigenvalue weighted by atomic mass is 16.6. The Hall–Kier alpha value is -3.95. The van der Waals surface area contributed by atoms with Crippen LogP contribution in [0.3, 0.4) is 0 Å². The Labute approximate surface area is 191 Å². The van der Waals surface area contributed by atoms with Crippen molar-refractivity contribution >= 4 is 23.6 Å². The van der Waals surface area contributed by atoms with Gasteiger partial charge in [-0.15, -0.1) is 0 Å². The first kappa shape index (κ1) is 23.7. The molecule has 10 nitrogen and oxygen atoms in total. The van der Waals surface area contributed by atoms with Gasteiger partial charge in [-0.25, -0.2) is 9.59 Å². The van der Waals surface area contributed by atoms with E-state index in [1.165, 1.54) is 12.1 Å². The minimum atomic E-state index is -0.786. The molecule has 2 N–H and O–H groups in total. The van der Waals surface area contributed by atoms with Gasteiger partial charge in [0.05, 0.1) is 18.8 Å². The van der Waals surface area contributed by atoms with E-state index >= 15 is 0 Å². The van der Waals surface area contributed by atoms with Crippen molar-refractivity contribution in [2.45, 2.75) is 20.3 Å². The molecule has 33 heavy (non-hydrogen) atoms. The van der Waals surface area contributed by atoms with E-state index < -0.39 is 24.5 Å². The number of carbonyl (C=O) groups excluding carboxylic acids is 3. The van der Waals surface area contributed by atoms with Crippen LogP contribution in [-0.2, 0) is 9.53 Å². The van der Waals surface area contributed by atoms with Crippen molar-refractivity contribution < 1.29 is 38.1 Å². The van der Waals surface area contributed by atoms with Crippen molar-refractivity contribution in [3.8, 4) is 23.0 Å². The fourth-order valence-corrected chi connectivity index (χ4v) is 2.90. The van der Waals surface area contributed by atoms with Gasteiger partial charge in [0.2, 0.25) is 0 Å².